The molecule has 30 heavy (non-hydrogen) atoms. The van der Waals surface area contributed by atoms with Crippen LogP contribution in [0.5, 0.6) is 0 Å². The first kappa shape index (κ1) is 29.7. The number of allylic oxidation sites excluding steroid dienone is 2. The van der Waals surface area contributed by atoms with E-state index in [0.717, 1.165) is 5.92 Å². The molecule has 0 heteroatoms. The van der Waals surface area contributed by atoms with Gasteiger partial charge in [0.2, 0.25) is 0 Å². The van der Waals surface area contributed by atoms with Gasteiger partial charge in [-0.2, -0.15) is 0 Å². The van der Waals surface area contributed by atoms with E-state index in [1.807, 2.05) is 0 Å². The first-order chi connectivity index (χ1) is 14.8. The molecule has 0 aromatic rings. The maximum atomic E-state index is 2.46. The topological polar surface area (TPSA) is 0 Å². The maximum Gasteiger partial charge on any atom is -0.0348 e. The Bertz CT molecular complexity index is 316. The van der Waals surface area contributed by atoms with Crippen LogP contribution in [0.25, 0.3) is 0 Å². The number of hydrogen-bond acceptors (Lipinski definition) is 0. The Kier molecular flexibility index (Phi) is 26.5. The molecule has 0 spiro atoms. The van der Waals surface area contributed by atoms with E-state index in [1.165, 1.54) is 154 Å². The summed E-state index contributed by atoms with van der Waals surface area (Å²) in [4.78, 5) is 0. The van der Waals surface area contributed by atoms with E-state index in [1.54, 1.807) is 0 Å². The Balaban J connectivity index is 3.16. The Labute approximate surface area is 193 Å². The lowest BCUT2D eigenvalue weighted by molar-refractivity contribution is 0.456. The molecule has 0 heterocycles. The summed E-state index contributed by atoms with van der Waals surface area (Å²) in [5, 5.41) is 0. The summed E-state index contributed by atoms with van der Waals surface area (Å²) in [5.41, 5.74) is 0. The van der Waals surface area contributed by atoms with E-state index >= 15 is 0 Å². The zero-order valence-electron chi connectivity index (χ0n) is 21.7. The van der Waals surface area contributed by atoms with Gasteiger partial charge in [-0.25, -0.2) is 0 Å². The fourth-order valence-electron chi connectivity index (χ4n) is 4.49. The van der Waals surface area contributed by atoms with Gasteiger partial charge in [-0.3, -0.25) is 0 Å². The van der Waals surface area contributed by atoms with Gasteiger partial charge in [0.1, 0.15) is 0 Å². The molecule has 0 aliphatic rings. The summed E-state index contributed by atoms with van der Waals surface area (Å²) in [6, 6.07) is 0. The minimum absolute atomic E-state index is 0.918. The van der Waals surface area contributed by atoms with Crippen molar-refractivity contribution in [2.24, 2.45) is 5.92 Å². The van der Waals surface area contributed by atoms with Gasteiger partial charge < -0.3 is 0 Å². The summed E-state index contributed by atoms with van der Waals surface area (Å²) in [6.45, 7) is 7.05. The highest BCUT2D eigenvalue weighted by atomic mass is 14.1. The Morgan fingerprint density at radius 3 is 1.23 bits per heavy atom. The fraction of sp³-hybridized carbons (Fsp3) is 0.933. The van der Waals surface area contributed by atoms with Crippen LogP contribution < -0.4 is 0 Å². The monoisotopic (exact) mass is 420 g/mol. The van der Waals surface area contributed by atoms with Crippen LogP contribution in [-0.4, -0.2) is 0 Å². The predicted molar refractivity (Wildman–Crippen MR) is 140 cm³/mol. The van der Waals surface area contributed by atoms with Crippen LogP contribution in [-0.2, 0) is 0 Å². The van der Waals surface area contributed by atoms with Crippen LogP contribution in [0.4, 0.5) is 0 Å². The lowest BCUT2D eigenvalue weighted by Gasteiger charge is -2.09. The molecule has 0 nitrogen and oxygen atoms in total. The van der Waals surface area contributed by atoms with Crippen LogP contribution >= 0.6 is 0 Å². The first-order valence-electron chi connectivity index (χ1n) is 14.5. The zero-order chi connectivity index (χ0) is 22.0. The van der Waals surface area contributed by atoms with Crippen molar-refractivity contribution in [1.29, 1.82) is 0 Å². The SMILES string of the molecule is CCCCCC/C=C/CCC(C)CCCCCCCCCCCCCCCCCC. The summed E-state index contributed by atoms with van der Waals surface area (Å²) >= 11 is 0. The minimum atomic E-state index is 0.918. The van der Waals surface area contributed by atoms with Gasteiger partial charge in [0, 0.05) is 0 Å². The number of unbranched alkanes of at least 4 members (excludes halogenated alkanes) is 19. The van der Waals surface area contributed by atoms with Crippen molar-refractivity contribution >= 4 is 0 Å². The van der Waals surface area contributed by atoms with Crippen LogP contribution in [0, 0.1) is 5.92 Å². The molecule has 0 fully saturated rings. The largest absolute Gasteiger partial charge is 0.0885 e. The maximum absolute atomic E-state index is 2.46. The van der Waals surface area contributed by atoms with Crippen molar-refractivity contribution in [1.82, 2.24) is 0 Å². The van der Waals surface area contributed by atoms with E-state index in [-0.39, 0.29) is 0 Å². The molecule has 0 rings (SSSR count). The van der Waals surface area contributed by atoms with Crippen molar-refractivity contribution in [2.75, 3.05) is 0 Å². The molecule has 0 aromatic carbocycles. The lowest BCUT2D eigenvalue weighted by Crippen LogP contribution is -1.94. The first-order valence-corrected chi connectivity index (χ1v) is 14.5. The van der Waals surface area contributed by atoms with Gasteiger partial charge in [-0.1, -0.05) is 161 Å². The second kappa shape index (κ2) is 26.8. The molecule has 180 valence electrons. The molecule has 0 aliphatic carbocycles. The van der Waals surface area contributed by atoms with Crippen molar-refractivity contribution in [2.45, 2.75) is 175 Å². The van der Waals surface area contributed by atoms with Gasteiger partial charge in [0.25, 0.3) is 0 Å². The molecule has 1 unspecified atom stereocenters. The molecule has 0 saturated carbocycles. The van der Waals surface area contributed by atoms with Crippen molar-refractivity contribution in [3.63, 3.8) is 0 Å². The van der Waals surface area contributed by atoms with E-state index in [0.29, 0.717) is 0 Å². The highest BCUT2D eigenvalue weighted by molar-refractivity contribution is 4.81. The Morgan fingerprint density at radius 2 is 0.767 bits per heavy atom. The molecule has 0 saturated heterocycles. The third-order valence-corrected chi connectivity index (χ3v) is 6.77. The predicted octanol–water partition coefficient (Wildman–Crippen LogP) is 11.6. The molecular weight excluding hydrogens is 360 g/mol. The molecule has 0 N–H and O–H groups in total. The fourth-order valence-corrected chi connectivity index (χ4v) is 4.49. The summed E-state index contributed by atoms with van der Waals surface area (Å²) in [5.74, 6) is 0.918. The average molecular weight is 421 g/mol. The molecule has 0 aromatic heterocycles. The molecule has 0 amide bonds. The summed E-state index contributed by atoms with van der Waals surface area (Å²) < 4.78 is 0. The summed E-state index contributed by atoms with van der Waals surface area (Å²) in [7, 11) is 0. The third kappa shape index (κ3) is 25.8. The van der Waals surface area contributed by atoms with Gasteiger partial charge in [0.05, 0.1) is 0 Å². The summed E-state index contributed by atoms with van der Waals surface area (Å²) in [6.07, 6.45) is 39.4. The van der Waals surface area contributed by atoms with Crippen LogP contribution in [0.1, 0.15) is 175 Å². The third-order valence-electron chi connectivity index (χ3n) is 6.77. The van der Waals surface area contributed by atoms with Crippen LogP contribution in [0.2, 0.25) is 0 Å². The van der Waals surface area contributed by atoms with Gasteiger partial charge in [0.15, 0.2) is 0 Å². The molecule has 0 radical (unpaired) electrons. The molecular formula is C30H60. The smallest absolute Gasteiger partial charge is 0.0348 e. The standard InChI is InChI=1S/C30H60/c1-4-6-8-10-12-14-15-16-17-18-19-20-21-23-25-27-29-30(3)28-26-24-22-13-11-9-7-5-2/h22,24,30H,4-21,23,25-29H2,1-3H3/b24-22+. The van der Waals surface area contributed by atoms with Gasteiger partial charge in [-0.05, 0) is 31.6 Å². The molecule has 0 bridgehead atoms. The second-order valence-corrected chi connectivity index (χ2v) is 10.1. The van der Waals surface area contributed by atoms with Gasteiger partial charge >= 0.3 is 0 Å². The highest BCUT2D eigenvalue weighted by Crippen LogP contribution is 2.18. The van der Waals surface area contributed by atoms with E-state index in [4.69, 9.17) is 0 Å². The van der Waals surface area contributed by atoms with Crippen molar-refractivity contribution < 1.29 is 0 Å². The van der Waals surface area contributed by atoms with Crippen LogP contribution in [0.15, 0.2) is 12.2 Å². The van der Waals surface area contributed by atoms with E-state index in [9.17, 15) is 0 Å². The second-order valence-electron chi connectivity index (χ2n) is 10.1. The molecule has 1 atom stereocenters. The Hall–Kier alpha value is -0.260. The van der Waals surface area contributed by atoms with Gasteiger partial charge in [-0.15, -0.1) is 0 Å². The quantitative estimate of drug-likeness (QED) is 0.102. The van der Waals surface area contributed by atoms with Crippen LogP contribution in [0.3, 0.4) is 0 Å². The zero-order valence-corrected chi connectivity index (χ0v) is 21.7. The number of rotatable bonds is 25. The average Bonchev–Trinajstić information content (AvgIpc) is 2.75. The van der Waals surface area contributed by atoms with Crippen molar-refractivity contribution in [3.8, 4) is 0 Å². The molecule has 0 aliphatic heterocycles. The van der Waals surface area contributed by atoms with E-state index in [2.05, 4.69) is 32.9 Å². The highest BCUT2D eigenvalue weighted by Gasteiger charge is 2.01. The minimum Gasteiger partial charge on any atom is -0.0885 e. The number of hydrogen-bond donors (Lipinski definition) is 0. The normalized spacial score (nSPS) is 12.8. The Morgan fingerprint density at radius 1 is 0.400 bits per heavy atom. The lowest BCUT2D eigenvalue weighted by atomic mass is 9.97. The van der Waals surface area contributed by atoms with Crippen molar-refractivity contribution in [3.05, 3.63) is 12.2 Å². The van der Waals surface area contributed by atoms with E-state index < -0.39 is 0 Å².